The van der Waals surface area contributed by atoms with Crippen molar-refractivity contribution in [2.45, 2.75) is 45.8 Å². The highest BCUT2D eigenvalue weighted by atomic mass is 16.5. The number of hydrogen-bond donors (Lipinski definition) is 0. The number of nitrogens with zero attached hydrogens (tertiary/aromatic N) is 4. The SMILES string of the molecule is COCC(C)n1c(C)cc(/C=C(/C#N)C(=O)N2CCN(C(=O)C3CCCO3)CC2)c1C. The van der Waals surface area contributed by atoms with E-state index in [-0.39, 0.29) is 29.5 Å². The molecule has 1 aromatic heterocycles. The molecule has 1 aromatic rings. The van der Waals surface area contributed by atoms with E-state index in [1.807, 2.05) is 19.9 Å². The van der Waals surface area contributed by atoms with Crippen molar-refractivity contribution in [1.82, 2.24) is 14.4 Å². The van der Waals surface area contributed by atoms with Gasteiger partial charge in [-0.15, -0.1) is 0 Å². The normalized spacial score (nSPS) is 20.6. The smallest absolute Gasteiger partial charge is 0.264 e. The van der Waals surface area contributed by atoms with Crippen molar-refractivity contribution in [2.75, 3.05) is 46.5 Å². The van der Waals surface area contributed by atoms with Crippen LogP contribution in [0.3, 0.4) is 0 Å². The lowest BCUT2D eigenvalue weighted by Gasteiger charge is -2.35. The monoisotopic (exact) mass is 428 g/mol. The van der Waals surface area contributed by atoms with Gasteiger partial charge in [-0.3, -0.25) is 9.59 Å². The van der Waals surface area contributed by atoms with Crippen LogP contribution in [0.4, 0.5) is 0 Å². The van der Waals surface area contributed by atoms with Crippen LogP contribution < -0.4 is 0 Å². The zero-order valence-corrected chi connectivity index (χ0v) is 18.9. The van der Waals surface area contributed by atoms with E-state index in [0.717, 1.165) is 29.8 Å². The minimum atomic E-state index is -0.340. The molecule has 0 aliphatic carbocycles. The number of aryl methyl sites for hydroxylation is 1. The zero-order chi connectivity index (χ0) is 22.5. The molecule has 3 heterocycles. The fourth-order valence-electron chi connectivity index (χ4n) is 4.52. The number of rotatable bonds is 6. The van der Waals surface area contributed by atoms with E-state index >= 15 is 0 Å². The lowest BCUT2D eigenvalue weighted by atomic mass is 10.1. The topological polar surface area (TPSA) is 87.8 Å². The molecule has 2 fully saturated rings. The number of ether oxygens (including phenoxy) is 2. The number of hydrogen-bond acceptors (Lipinski definition) is 5. The Morgan fingerprint density at radius 1 is 1.29 bits per heavy atom. The molecule has 0 bridgehead atoms. The Hall–Kier alpha value is -2.63. The number of amides is 2. The summed E-state index contributed by atoms with van der Waals surface area (Å²) in [5, 5.41) is 9.66. The summed E-state index contributed by atoms with van der Waals surface area (Å²) in [6, 6.07) is 4.22. The van der Waals surface area contributed by atoms with Crippen LogP contribution >= 0.6 is 0 Å². The van der Waals surface area contributed by atoms with Gasteiger partial charge in [0.05, 0.1) is 12.6 Å². The van der Waals surface area contributed by atoms with Gasteiger partial charge in [-0.05, 0) is 51.3 Å². The van der Waals surface area contributed by atoms with Crippen LogP contribution in [0, 0.1) is 25.2 Å². The van der Waals surface area contributed by atoms with Crippen molar-refractivity contribution < 1.29 is 19.1 Å². The van der Waals surface area contributed by atoms with Crippen molar-refractivity contribution >= 4 is 17.9 Å². The van der Waals surface area contributed by atoms with Gasteiger partial charge in [0, 0.05) is 51.3 Å². The van der Waals surface area contributed by atoms with Crippen molar-refractivity contribution in [3.05, 3.63) is 28.6 Å². The van der Waals surface area contributed by atoms with Crippen LogP contribution in [0.1, 0.15) is 42.8 Å². The highest BCUT2D eigenvalue weighted by molar-refractivity contribution is 6.02. The van der Waals surface area contributed by atoms with Gasteiger partial charge in [0.2, 0.25) is 0 Å². The molecule has 168 valence electrons. The summed E-state index contributed by atoms with van der Waals surface area (Å²) >= 11 is 0. The van der Waals surface area contributed by atoms with E-state index in [9.17, 15) is 14.9 Å². The van der Waals surface area contributed by atoms with Gasteiger partial charge in [0.25, 0.3) is 11.8 Å². The van der Waals surface area contributed by atoms with Crippen molar-refractivity contribution in [1.29, 1.82) is 5.26 Å². The van der Waals surface area contributed by atoms with Crippen LogP contribution in [-0.2, 0) is 19.1 Å². The minimum absolute atomic E-state index is 0.0123. The molecule has 2 atom stereocenters. The summed E-state index contributed by atoms with van der Waals surface area (Å²) in [7, 11) is 1.67. The second-order valence-electron chi connectivity index (χ2n) is 8.29. The summed E-state index contributed by atoms with van der Waals surface area (Å²) in [6.45, 7) is 9.05. The summed E-state index contributed by atoms with van der Waals surface area (Å²) in [6.07, 6.45) is 3.01. The maximum Gasteiger partial charge on any atom is 0.264 e. The van der Waals surface area contributed by atoms with Gasteiger partial charge < -0.3 is 23.8 Å². The number of aromatic nitrogens is 1. The first-order valence-electron chi connectivity index (χ1n) is 10.9. The highest BCUT2D eigenvalue weighted by Gasteiger charge is 2.32. The average molecular weight is 429 g/mol. The molecule has 0 saturated carbocycles. The molecular formula is C23H32N4O4. The second-order valence-corrected chi connectivity index (χ2v) is 8.29. The van der Waals surface area contributed by atoms with E-state index in [2.05, 4.69) is 17.6 Å². The Kier molecular flexibility index (Phi) is 7.52. The molecular weight excluding hydrogens is 396 g/mol. The maximum atomic E-state index is 13.0. The van der Waals surface area contributed by atoms with E-state index in [4.69, 9.17) is 9.47 Å². The van der Waals surface area contributed by atoms with Gasteiger partial charge in [0.1, 0.15) is 17.7 Å². The third-order valence-electron chi connectivity index (χ3n) is 6.11. The van der Waals surface area contributed by atoms with E-state index in [1.54, 1.807) is 23.0 Å². The third-order valence-corrected chi connectivity index (χ3v) is 6.11. The van der Waals surface area contributed by atoms with Crippen LogP contribution in [-0.4, -0.2) is 78.8 Å². The predicted octanol–water partition coefficient (Wildman–Crippen LogP) is 2.07. The first kappa shape index (κ1) is 23.0. The number of carbonyl (C=O) groups excluding carboxylic acids is 2. The first-order chi connectivity index (χ1) is 14.9. The summed E-state index contributed by atoms with van der Waals surface area (Å²) in [4.78, 5) is 28.9. The summed E-state index contributed by atoms with van der Waals surface area (Å²) < 4.78 is 12.9. The average Bonchev–Trinajstić information content (AvgIpc) is 3.39. The number of nitriles is 1. The molecule has 2 aliphatic rings. The maximum absolute atomic E-state index is 13.0. The van der Waals surface area contributed by atoms with E-state index in [0.29, 0.717) is 39.4 Å². The fourth-order valence-corrected chi connectivity index (χ4v) is 4.52. The quantitative estimate of drug-likeness (QED) is 0.511. The Balaban J connectivity index is 1.68. The Morgan fingerprint density at radius 2 is 1.97 bits per heavy atom. The molecule has 8 heteroatoms. The van der Waals surface area contributed by atoms with Gasteiger partial charge in [-0.2, -0.15) is 5.26 Å². The van der Waals surface area contributed by atoms with Gasteiger partial charge >= 0.3 is 0 Å². The molecule has 0 aromatic carbocycles. The first-order valence-corrected chi connectivity index (χ1v) is 10.9. The Bertz CT molecular complexity index is 884. The van der Waals surface area contributed by atoms with Gasteiger partial charge in [-0.25, -0.2) is 0 Å². The van der Waals surface area contributed by atoms with Crippen LogP contribution in [0.15, 0.2) is 11.6 Å². The number of methoxy groups -OCH3 is 1. The number of piperazine rings is 1. The van der Waals surface area contributed by atoms with Gasteiger partial charge in [0.15, 0.2) is 0 Å². The van der Waals surface area contributed by atoms with Crippen molar-refractivity contribution in [2.24, 2.45) is 0 Å². The minimum Gasteiger partial charge on any atom is -0.383 e. The van der Waals surface area contributed by atoms with Crippen molar-refractivity contribution in [3.8, 4) is 6.07 Å². The van der Waals surface area contributed by atoms with E-state index < -0.39 is 0 Å². The molecule has 0 N–H and O–H groups in total. The summed E-state index contributed by atoms with van der Waals surface area (Å²) in [5.41, 5.74) is 3.02. The van der Waals surface area contributed by atoms with Gasteiger partial charge in [-0.1, -0.05) is 0 Å². The molecule has 0 radical (unpaired) electrons. The molecule has 8 nitrogen and oxygen atoms in total. The zero-order valence-electron chi connectivity index (χ0n) is 18.9. The fraction of sp³-hybridized carbons (Fsp3) is 0.609. The lowest BCUT2D eigenvalue weighted by molar-refractivity contribution is -0.145. The van der Waals surface area contributed by atoms with Crippen LogP contribution in [0.5, 0.6) is 0 Å². The van der Waals surface area contributed by atoms with Crippen LogP contribution in [0.2, 0.25) is 0 Å². The molecule has 2 amide bonds. The largest absolute Gasteiger partial charge is 0.383 e. The Morgan fingerprint density at radius 3 is 2.55 bits per heavy atom. The van der Waals surface area contributed by atoms with Crippen molar-refractivity contribution in [3.63, 3.8) is 0 Å². The highest BCUT2D eigenvalue weighted by Crippen LogP contribution is 2.23. The molecule has 0 spiro atoms. The molecule has 2 unspecified atom stereocenters. The van der Waals surface area contributed by atoms with E-state index in [1.165, 1.54) is 0 Å². The standard InChI is InChI=1S/C23H32N4O4/c1-16-12-19(18(3)27(16)17(2)15-30-4)13-20(14-24)22(28)25-7-9-26(10-8-25)23(29)21-6-5-11-31-21/h12-13,17,21H,5-11,15H2,1-4H3/b20-13-. The molecule has 31 heavy (non-hydrogen) atoms. The second kappa shape index (κ2) is 10.1. The predicted molar refractivity (Wildman–Crippen MR) is 116 cm³/mol. The number of carbonyl (C=O) groups is 2. The molecule has 2 saturated heterocycles. The third kappa shape index (κ3) is 5.00. The summed E-state index contributed by atoms with van der Waals surface area (Å²) in [5.74, 6) is -0.278. The Labute approximate surface area is 184 Å². The van der Waals surface area contributed by atoms with Crippen LogP contribution in [0.25, 0.3) is 6.08 Å². The lowest BCUT2D eigenvalue weighted by Crippen LogP contribution is -2.53. The molecule has 2 aliphatic heterocycles. The molecule has 3 rings (SSSR count).